The van der Waals surface area contributed by atoms with Gasteiger partial charge in [0.2, 0.25) is 0 Å². The van der Waals surface area contributed by atoms with Crippen molar-refractivity contribution in [3.05, 3.63) is 10.1 Å². The van der Waals surface area contributed by atoms with Crippen LogP contribution in [0.2, 0.25) is 0 Å². The molecule has 0 aromatic carbocycles. The number of rotatable bonds is 2. The molecule has 0 spiro atoms. The third-order valence-electron chi connectivity index (χ3n) is 2.25. The minimum Gasteiger partial charge on any atom is -0.310 e. The van der Waals surface area contributed by atoms with E-state index in [2.05, 4.69) is 4.84 Å². The van der Waals surface area contributed by atoms with Crippen molar-refractivity contribution in [2.24, 2.45) is 5.92 Å². The molecule has 4 nitrogen and oxygen atoms in total. The Balaban J connectivity index is 2.35. The van der Waals surface area contributed by atoms with Crippen LogP contribution in [0.15, 0.2) is 0 Å². The van der Waals surface area contributed by atoms with Crippen molar-refractivity contribution in [1.82, 2.24) is 0 Å². The molecule has 2 atom stereocenters. The zero-order chi connectivity index (χ0) is 8.27. The van der Waals surface area contributed by atoms with Gasteiger partial charge in [-0.25, -0.2) is 0 Å². The Kier molecular flexibility index (Phi) is 2.68. The number of nitrogens with zero attached hydrogens (tertiary/aromatic N) is 1. The summed E-state index contributed by atoms with van der Waals surface area (Å²) in [4.78, 5) is 14.5. The van der Waals surface area contributed by atoms with E-state index in [4.69, 9.17) is 0 Å². The second-order valence-corrected chi connectivity index (χ2v) is 3.13. The van der Waals surface area contributed by atoms with Gasteiger partial charge in [0.1, 0.15) is 6.10 Å². The van der Waals surface area contributed by atoms with Gasteiger partial charge >= 0.3 is 0 Å². The molecule has 1 saturated carbocycles. The molecule has 0 aromatic rings. The minimum atomic E-state index is -0.674. The van der Waals surface area contributed by atoms with Crippen LogP contribution in [0.25, 0.3) is 0 Å². The predicted octanol–water partition coefficient (Wildman–Crippen LogP) is 1.77. The van der Waals surface area contributed by atoms with Crippen molar-refractivity contribution in [2.75, 3.05) is 0 Å². The highest BCUT2D eigenvalue weighted by Gasteiger charge is 2.23. The van der Waals surface area contributed by atoms with E-state index in [0.29, 0.717) is 5.92 Å². The van der Waals surface area contributed by atoms with E-state index in [9.17, 15) is 10.1 Å². The van der Waals surface area contributed by atoms with Gasteiger partial charge in [-0.15, -0.1) is 10.1 Å². The summed E-state index contributed by atoms with van der Waals surface area (Å²) >= 11 is 0. The highest BCUT2D eigenvalue weighted by Crippen LogP contribution is 2.25. The lowest BCUT2D eigenvalue weighted by Gasteiger charge is -2.26. The van der Waals surface area contributed by atoms with E-state index < -0.39 is 5.09 Å². The van der Waals surface area contributed by atoms with Gasteiger partial charge < -0.3 is 4.84 Å². The lowest BCUT2D eigenvalue weighted by molar-refractivity contribution is -0.771. The summed E-state index contributed by atoms with van der Waals surface area (Å²) in [5.41, 5.74) is 0. The molecular formula is C7H13NO3. The zero-order valence-corrected chi connectivity index (χ0v) is 6.66. The maximum atomic E-state index is 10.00. The molecule has 0 unspecified atom stereocenters. The van der Waals surface area contributed by atoms with Crippen LogP contribution in [0.3, 0.4) is 0 Å². The second-order valence-electron chi connectivity index (χ2n) is 3.13. The average molecular weight is 159 g/mol. The van der Waals surface area contributed by atoms with Crippen LogP contribution in [0.1, 0.15) is 32.6 Å². The van der Waals surface area contributed by atoms with Crippen molar-refractivity contribution >= 4 is 0 Å². The maximum Gasteiger partial charge on any atom is 0.294 e. The van der Waals surface area contributed by atoms with Crippen LogP contribution in [0, 0.1) is 16.0 Å². The molecule has 1 fully saturated rings. The van der Waals surface area contributed by atoms with Gasteiger partial charge in [-0.05, 0) is 18.8 Å². The van der Waals surface area contributed by atoms with Crippen LogP contribution < -0.4 is 0 Å². The van der Waals surface area contributed by atoms with Gasteiger partial charge in [0.25, 0.3) is 5.09 Å². The number of hydrogen-bond donors (Lipinski definition) is 0. The smallest absolute Gasteiger partial charge is 0.294 e. The SMILES string of the molecule is C[C@@H]1CCCC[C@@H]1O[N+](=O)[O-]. The van der Waals surface area contributed by atoms with Crippen LogP contribution in [-0.2, 0) is 4.84 Å². The molecule has 11 heavy (non-hydrogen) atoms. The molecule has 0 aliphatic heterocycles. The quantitative estimate of drug-likeness (QED) is 0.455. The first-order valence-electron chi connectivity index (χ1n) is 4.01. The van der Waals surface area contributed by atoms with Crippen LogP contribution in [0.5, 0.6) is 0 Å². The molecule has 0 saturated heterocycles. The van der Waals surface area contributed by atoms with Crippen molar-refractivity contribution in [2.45, 2.75) is 38.7 Å². The van der Waals surface area contributed by atoms with Crippen LogP contribution >= 0.6 is 0 Å². The van der Waals surface area contributed by atoms with E-state index in [1.54, 1.807) is 0 Å². The molecule has 4 heteroatoms. The van der Waals surface area contributed by atoms with Crippen molar-refractivity contribution in [1.29, 1.82) is 0 Å². The van der Waals surface area contributed by atoms with Crippen LogP contribution in [-0.4, -0.2) is 11.2 Å². The summed E-state index contributed by atoms with van der Waals surface area (Å²) < 4.78 is 0. The summed E-state index contributed by atoms with van der Waals surface area (Å²) in [7, 11) is 0. The minimum absolute atomic E-state index is 0.154. The van der Waals surface area contributed by atoms with Gasteiger partial charge in [0.15, 0.2) is 0 Å². The second kappa shape index (κ2) is 3.55. The Morgan fingerprint density at radius 2 is 2.09 bits per heavy atom. The first kappa shape index (κ1) is 8.30. The van der Waals surface area contributed by atoms with E-state index in [-0.39, 0.29) is 6.10 Å². The fourth-order valence-electron chi connectivity index (χ4n) is 1.55. The molecule has 0 aromatic heterocycles. The fraction of sp³-hybridized carbons (Fsp3) is 1.00. The molecule has 0 radical (unpaired) electrons. The Morgan fingerprint density at radius 1 is 1.45 bits per heavy atom. The number of hydrogen-bond acceptors (Lipinski definition) is 3. The third kappa shape index (κ3) is 2.37. The highest BCUT2D eigenvalue weighted by atomic mass is 17.0. The highest BCUT2D eigenvalue weighted by molar-refractivity contribution is 4.70. The molecule has 64 valence electrons. The summed E-state index contributed by atoms with van der Waals surface area (Å²) in [6.07, 6.45) is 3.97. The van der Waals surface area contributed by atoms with Gasteiger partial charge in [-0.1, -0.05) is 19.8 Å². The standard InChI is InChI=1S/C7H13NO3/c1-6-4-2-3-5-7(6)11-8(9)10/h6-7H,2-5H2,1H3/t6-,7+/m1/s1. The Bertz CT molecular complexity index is 149. The van der Waals surface area contributed by atoms with Gasteiger partial charge in [-0.2, -0.15) is 0 Å². The molecular weight excluding hydrogens is 146 g/mol. The molecule has 0 heterocycles. The molecule has 1 rings (SSSR count). The maximum absolute atomic E-state index is 10.00. The van der Waals surface area contributed by atoms with Gasteiger partial charge in [-0.3, -0.25) is 0 Å². The Morgan fingerprint density at radius 3 is 2.64 bits per heavy atom. The summed E-state index contributed by atoms with van der Waals surface area (Å²) in [5, 5.41) is 9.32. The fourth-order valence-corrected chi connectivity index (χ4v) is 1.55. The first-order chi connectivity index (χ1) is 5.20. The summed E-state index contributed by atoms with van der Waals surface area (Å²) in [6.45, 7) is 2.01. The molecule has 0 bridgehead atoms. The van der Waals surface area contributed by atoms with E-state index in [1.165, 1.54) is 6.42 Å². The zero-order valence-electron chi connectivity index (χ0n) is 6.66. The normalized spacial score (nSPS) is 31.4. The van der Waals surface area contributed by atoms with Crippen molar-refractivity contribution in [3.63, 3.8) is 0 Å². The molecule has 1 aliphatic rings. The molecule has 0 N–H and O–H groups in total. The predicted molar refractivity (Wildman–Crippen MR) is 39.5 cm³/mol. The molecule has 0 amide bonds. The van der Waals surface area contributed by atoms with E-state index in [1.807, 2.05) is 6.92 Å². The van der Waals surface area contributed by atoms with Gasteiger partial charge in [0.05, 0.1) is 0 Å². The monoisotopic (exact) mass is 159 g/mol. The van der Waals surface area contributed by atoms with Gasteiger partial charge in [0, 0.05) is 0 Å². The average Bonchev–Trinajstić information content (AvgIpc) is 1.93. The first-order valence-corrected chi connectivity index (χ1v) is 4.01. The van der Waals surface area contributed by atoms with Crippen molar-refractivity contribution in [3.8, 4) is 0 Å². The lowest BCUT2D eigenvalue weighted by Crippen LogP contribution is -2.27. The Hall–Kier alpha value is -0.800. The Labute approximate surface area is 65.6 Å². The summed E-state index contributed by atoms with van der Waals surface area (Å²) in [6, 6.07) is 0. The van der Waals surface area contributed by atoms with Crippen LogP contribution in [0.4, 0.5) is 0 Å². The van der Waals surface area contributed by atoms with E-state index in [0.717, 1.165) is 19.3 Å². The summed E-state index contributed by atoms with van der Waals surface area (Å²) in [5.74, 6) is 0.342. The largest absolute Gasteiger partial charge is 0.310 e. The molecule has 1 aliphatic carbocycles. The third-order valence-corrected chi connectivity index (χ3v) is 2.25. The topological polar surface area (TPSA) is 52.4 Å². The lowest BCUT2D eigenvalue weighted by atomic mass is 9.88. The van der Waals surface area contributed by atoms with Crippen molar-refractivity contribution < 1.29 is 9.92 Å². The van der Waals surface area contributed by atoms with E-state index >= 15 is 0 Å².